The van der Waals surface area contributed by atoms with Gasteiger partial charge in [0.05, 0.1) is 0 Å². The predicted molar refractivity (Wildman–Crippen MR) is 79.0 cm³/mol. The van der Waals surface area contributed by atoms with E-state index in [9.17, 15) is 0 Å². The largest absolute Gasteiger partial charge is 0.313 e. The van der Waals surface area contributed by atoms with Crippen molar-refractivity contribution in [1.29, 1.82) is 0 Å². The molecule has 3 nitrogen and oxygen atoms in total. The van der Waals surface area contributed by atoms with Crippen LogP contribution in [-0.2, 0) is 0 Å². The number of thioether (sulfide) groups is 1. The molecule has 17 heavy (non-hydrogen) atoms. The lowest BCUT2D eigenvalue weighted by Gasteiger charge is -2.34. The minimum atomic E-state index is 0.613. The Morgan fingerprint density at radius 2 is 1.65 bits per heavy atom. The average Bonchev–Trinajstić information content (AvgIpc) is 2.31. The van der Waals surface area contributed by atoms with E-state index in [1.54, 1.807) is 0 Å². The van der Waals surface area contributed by atoms with E-state index in [1.807, 2.05) is 0 Å². The molecule has 1 saturated heterocycles. The molecule has 0 bridgehead atoms. The van der Waals surface area contributed by atoms with Gasteiger partial charge in [0.2, 0.25) is 0 Å². The molecule has 1 rings (SSSR count). The Balaban J connectivity index is 2.01. The van der Waals surface area contributed by atoms with Crippen molar-refractivity contribution in [3.8, 4) is 0 Å². The molecule has 0 amide bonds. The van der Waals surface area contributed by atoms with Crippen LogP contribution >= 0.6 is 11.8 Å². The monoisotopic (exact) mass is 259 g/mol. The molecule has 1 fully saturated rings. The number of piperazine rings is 1. The van der Waals surface area contributed by atoms with Crippen molar-refractivity contribution in [2.24, 2.45) is 0 Å². The van der Waals surface area contributed by atoms with E-state index >= 15 is 0 Å². The quantitative estimate of drug-likeness (QED) is 0.663. The van der Waals surface area contributed by atoms with Gasteiger partial charge in [0.15, 0.2) is 0 Å². The molecule has 0 aromatic carbocycles. The lowest BCUT2D eigenvalue weighted by Crippen LogP contribution is -2.48. The minimum Gasteiger partial charge on any atom is -0.313 e. The maximum Gasteiger partial charge on any atom is 0.0110 e. The average molecular weight is 259 g/mol. The fraction of sp³-hybridized carbons (Fsp3) is 1.00. The van der Waals surface area contributed by atoms with Gasteiger partial charge in [-0.25, -0.2) is 0 Å². The molecule has 102 valence electrons. The van der Waals surface area contributed by atoms with Gasteiger partial charge < -0.3 is 5.32 Å². The van der Waals surface area contributed by atoms with E-state index in [1.165, 1.54) is 50.8 Å². The molecule has 0 aromatic rings. The summed E-state index contributed by atoms with van der Waals surface area (Å²) in [4.78, 5) is 5.19. The smallest absolute Gasteiger partial charge is 0.0110 e. The van der Waals surface area contributed by atoms with Crippen LogP contribution in [0.25, 0.3) is 0 Å². The second kappa shape index (κ2) is 9.20. The van der Waals surface area contributed by atoms with Crippen LogP contribution in [-0.4, -0.2) is 73.2 Å². The zero-order chi connectivity index (χ0) is 12.5. The lowest BCUT2D eigenvalue weighted by atomic mass is 10.3. The van der Waals surface area contributed by atoms with Crippen molar-refractivity contribution < 1.29 is 0 Å². The zero-order valence-corrected chi connectivity index (χ0v) is 12.6. The first-order valence-corrected chi connectivity index (χ1v) is 8.13. The number of hydrogen-bond acceptors (Lipinski definition) is 4. The maximum absolute atomic E-state index is 3.49. The fourth-order valence-corrected chi connectivity index (χ4v) is 2.76. The van der Waals surface area contributed by atoms with Gasteiger partial charge in [0, 0.05) is 57.6 Å². The molecule has 0 aliphatic carbocycles. The number of nitrogens with one attached hydrogen (secondary N) is 1. The standard InChI is InChI=1S/C13H29N3S/c1-4-17-12-11-16-9-7-15(8-10-16)6-5-14-13(2)3/h13-14H,4-12H2,1-3H3. The van der Waals surface area contributed by atoms with Gasteiger partial charge in [-0.05, 0) is 5.75 Å². The van der Waals surface area contributed by atoms with Gasteiger partial charge in [0.25, 0.3) is 0 Å². The van der Waals surface area contributed by atoms with Gasteiger partial charge in [0.1, 0.15) is 0 Å². The highest BCUT2D eigenvalue weighted by Crippen LogP contribution is 2.04. The Morgan fingerprint density at radius 1 is 1.06 bits per heavy atom. The van der Waals surface area contributed by atoms with Gasteiger partial charge in [-0.1, -0.05) is 20.8 Å². The molecular weight excluding hydrogens is 230 g/mol. The summed E-state index contributed by atoms with van der Waals surface area (Å²) in [6.45, 7) is 15.3. The molecule has 1 aliphatic heterocycles. The third kappa shape index (κ3) is 7.29. The van der Waals surface area contributed by atoms with Crippen LogP contribution in [0.3, 0.4) is 0 Å². The topological polar surface area (TPSA) is 18.5 Å². The number of nitrogens with zero attached hydrogens (tertiary/aromatic N) is 2. The van der Waals surface area contributed by atoms with E-state index < -0.39 is 0 Å². The van der Waals surface area contributed by atoms with E-state index in [-0.39, 0.29) is 0 Å². The Labute approximate surface area is 111 Å². The van der Waals surface area contributed by atoms with Gasteiger partial charge in [-0.2, -0.15) is 11.8 Å². The van der Waals surface area contributed by atoms with E-state index in [2.05, 4.69) is 47.6 Å². The Kier molecular flexibility index (Phi) is 8.27. The summed E-state index contributed by atoms with van der Waals surface area (Å²) in [6.07, 6.45) is 0. The van der Waals surface area contributed by atoms with E-state index in [4.69, 9.17) is 0 Å². The summed E-state index contributed by atoms with van der Waals surface area (Å²) in [6, 6.07) is 0.613. The molecule has 0 spiro atoms. The first-order chi connectivity index (χ1) is 8.22. The number of rotatable bonds is 8. The van der Waals surface area contributed by atoms with Crippen LogP contribution in [0.1, 0.15) is 20.8 Å². The van der Waals surface area contributed by atoms with Crippen LogP contribution in [0, 0.1) is 0 Å². The summed E-state index contributed by atoms with van der Waals surface area (Å²) >= 11 is 2.05. The van der Waals surface area contributed by atoms with Crippen LogP contribution in [0.4, 0.5) is 0 Å². The summed E-state index contributed by atoms with van der Waals surface area (Å²) in [5.74, 6) is 2.55. The number of hydrogen-bond donors (Lipinski definition) is 1. The molecule has 1 aliphatic rings. The van der Waals surface area contributed by atoms with Crippen molar-refractivity contribution in [3.63, 3.8) is 0 Å². The molecule has 0 unspecified atom stereocenters. The highest BCUT2D eigenvalue weighted by Gasteiger charge is 2.15. The third-order valence-corrected chi connectivity index (χ3v) is 4.08. The van der Waals surface area contributed by atoms with Crippen LogP contribution < -0.4 is 5.32 Å². The minimum absolute atomic E-state index is 0.613. The summed E-state index contributed by atoms with van der Waals surface area (Å²) < 4.78 is 0. The SMILES string of the molecule is CCSCCN1CCN(CCNC(C)C)CC1. The van der Waals surface area contributed by atoms with Crippen molar-refractivity contribution in [2.45, 2.75) is 26.8 Å². The zero-order valence-electron chi connectivity index (χ0n) is 11.7. The molecule has 4 heteroatoms. The maximum atomic E-state index is 3.49. The molecule has 0 atom stereocenters. The Hall–Kier alpha value is 0.230. The lowest BCUT2D eigenvalue weighted by molar-refractivity contribution is 0.138. The first kappa shape index (κ1) is 15.3. The van der Waals surface area contributed by atoms with Gasteiger partial charge in [-0.15, -0.1) is 0 Å². The van der Waals surface area contributed by atoms with Crippen LogP contribution in [0.5, 0.6) is 0 Å². The molecule has 1 heterocycles. The highest BCUT2D eigenvalue weighted by molar-refractivity contribution is 7.99. The van der Waals surface area contributed by atoms with Crippen LogP contribution in [0.15, 0.2) is 0 Å². The van der Waals surface area contributed by atoms with E-state index in [0.29, 0.717) is 6.04 Å². The van der Waals surface area contributed by atoms with Gasteiger partial charge >= 0.3 is 0 Å². The van der Waals surface area contributed by atoms with Crippen molar-refractivity contribution in [1.82, 2.24) is 15.1 Å². The first-order valence-electron chi connectivity index (χ1n) is 6.98. The fourth-order valence-electron chi connectivity index (χ4n) is 2.09. The summed E-state index contributed by atoms with van der Waals surface area (Å²) in [5, 5.41) is 3.49. The van der Waals surface area contributed by atoms with Crippen molar-refractivity contribution in [2.75, 3.05) is 57.3 Å². The second-order valence-corrected chi connectivity index (χ2v) is 6.38. The highest BCUT2D eigenvalue weighted by atomic mass is 32.2. The summed E-state index contributed by atoms with van der Waals surface area (Å²) in [5.41, 5.74) is 0. The van der Waals surface area contributed by atoms with Crippen LogP contribution in [0.2, 0.25) is 0 Å². The predicted octanol–water partition coefficient (Wildman–Crippen LogP) is 1.36. The second-order valence-electron chi connectivity index (χ2n) is 4.99. The molecule has 0 saturated carbocycles. The molecule has 0 aromatic heterocycles. The van der Waals surface area contributed by atoms with E-state index in [0.717, 1.165) is 6.54 Å². The Morgan fingerprint density at radius 3 is 2.18 bits per heavy atom. The molecule has 1 N–H and O–H groups in total. The molecular formula is C13H29N3S. The normalized spacial score (nSPS) is 19.1. The third-order valence-electron chi connectivity index (χ3n) is 3.20. The van der Waals surface area contributed by atoms with Crippen molar-refractivity contribution >= 4 is 11.8 Å². The summed E-state index contributed by atoms with van der Waals surface area (Å²) in [7, 11) is 0. The molecule has 0 radical (unpaired) electrons. The Bertz CT molecular complexity index is 180. The van der Waals surface area contributed by atoms with Gasteiger partial charge in [-0.3, -0.25) is 9.80 Å². The van der Waals surface area contributed by atoms with Crippen molar-refractivity contribution in [3.05, 3.63) is 0 Å².